The van der Waals surface area contributed by atoms with Crippen molar-refractivity contribution in [2.45, 2.75) is 0 Å². The molecule has 0 unspecified atom stereocenters. The quantitative estimate of drug-likeness (QED) is 0.856. The van der Waals surface area contributed by atoms with Crippen molar-refractivity contribution in [1.29, 1.82) is 0 Å². The highest BCUT2D eigenvalue weighted by Crippen LogP contribution is 2.27. The van der Waals surface area contributed by atoms with Crippen molar-refractivity contribution >= 4 is 27.4 Å². The second kappa shape index (κ2) is 6.08. The van der Waals surface area contributed by atoms with E-state index < -0.39 is 0 Å². The molecule has 6 heteroatoms. The first-order valence-corrected chi connectivity index (χ1v) is 6.60. The van der Waals surface area contributed by atoms with Crippen LogP contribution in [0.4, 0.5) is 0 Å². The van der Waals surface area contributed by atoms with Crippen LogP contribution < -0.4 is 10.1 Å². The van der Waals surface area contributed by atoms with E-state index in [1.165, 1.54) is 0 Å². The predicted molar refractivity (Wildman–Crippen MR) is 75.9 cm³/mol. The zero-order valence-corrected chi connectivity index (χ0v) is 12.4. The van der Waals surface area contributed by atoms with Gasteiger partial charge in [-0.25, -0.2) is 0 Å². The zero-order valence-electron chi connectivity index (χ0n) is 10.8. The van der Waals surface area contributed by atoms with Gasteiger partial charge in [-0.15, -0.1) is 0 Å². The number of nitrogens with one attached hydrogen (secondary N) is 1. The molecule has 5 nitrogen and oxygen atoms in total. The standard InChI is InChI=1S/C13H15BrN2O3/c1-15-13(17)10-3-4-16-8-9(19-6-5-18-2)7-11(14)12(10)16/h3-4,7-8H,5-6H2,1-2H3,(H,15,17). The lowest BCUT2D eigenvalue weighted by Crippen LogP contribution is -2.17. The molecular formula is C13H15BrN2O3. The molecule has 1 amide bonds. The second-order valence-electron chi connectivity index (χ2n) is 3.93. The van der Waals surface area contributed by atoms with Gasteiger partial charge in [0.05, 0.1) is 23.9 Å². The van der Waals surface area contributed by atoms with Gasteiger partial charge in [-0.1, -0.05) is 0 Å². The SMILES string of the molecule is CNC(=O)c1ccn2cc(OCCOC)cc(Br)c12. The third-order valence-corrected chi connectivity index (χ3v) is 3.31. The molecule has 0 bridgehead atoms. The number of rotatable bonds is 5. The zero-order chi connectivity index (χ0) is 13.8. The minimum atomic E-state index is -0.115. The minimum absolute atomic E-state index is 0.115. The van der Waals surface area contributed by atoms with Crippen LogP contribution in [0.25, 0.3) is 5.52 Å². The topological polar surface area (TPSA) is 52.0 Å². The fourth-order valence-electron chi connectivity index (χ4n) is 1.81. The first-order chi connectivity index (χ1) is 9.17. The van der Waals surface area contributed by atoms with Crippen molar-refractivity contribution in [3.05, 3.63) is 34.6 Å². The lowest BCUT2D eigenvalue weighted by atomic mass is 10.2. The van der Waals surface area contributed by atoms with Gasteiger partial charge in [-0.2, -0.15) is 0 Å². The number of nitrogens with zero attached hydrogens (tertiary/aromatic N) is 1. The predicted octanol–water partition coefficient (Wildman–Crippen LogP) is 2.09. The van der Waals surface area contributed by atoms with E-state index in [-0.39, 0.29) is 5.91 Å². The molecule has 0 fully saturated rings. The Bertz CT molecular complexity index is 595. The Morgan fingerprint density at radius 2 is 2.26 bits per heavy atom. The fourth-order valence-corrected chi connectivity index (χ4v) is 2.46. The second-order valence-corrected chi connectivity index (χ2v) is 4.78. The maximum Gasteiger partial charge on any atom is 0.253 e. The fraction of sp³-hybridized carbons (Fsp3) is 0.308. The molecule has 0 saturated heterocycles. The van der Waals surface area contributed by atoms with Crippen LogP contribution in [0, 0.1) is 0 Å². The van der Waals surface area contributed by atoms with Gasteiger partial charge in [0.15, 0.2) is 0 Å². The Balaban J connectivity index is 2.35. The van der Waals surface area contributed by atoms with Gasteiger partial charge in [0.1, 0.15) is 12.4 Å². The van der Waals surface area contributed by atoms with E-state index in [1.807, 2.05) is 22.9 Å². The number of halogens is 1. The van der Waals surface area contributed by atoms with Gasteiger partial charge in [0, 0.05) is 24.8 Å². The van der Waals surface area contributed by atoms with Crippen molar-refractivity contribution in [1.82, 2.24) is 9.72 Å². The van der Waals surface area contributed by atoms with Crippen LogP contribution in [0.1, 0.15) is 10.4 Å². The molecule has 0 spiro atoms. The number of amides is 1. The van der Waals surface area contributed by atoms with Crippen molar-refractivity contribution < 1.29 is 14.3 Å². The Morgan fingerprint density at radius 1 is 1.47 bits per heavy atom. The highest BCUT2D eigenvalue weighted by Gasteiger charge is 2.13. The molecule has 0 aliphatic rings. The molecule has 2 rings (SSSR count). The van der Waals surface area contributed by atoms with Gasteiger partial charge < -0.3 is 19.2 Å². The molecule has 0 atom stereocenters. The van der Waals surface area contributed by atoms with Gasteiger partial charge in [0.2, 0.25) is 0 Å². The van der Waals surface area contributed by atoms with Crippen LogP contribution in [0.2, 0.25) is 0 Å². The number of hydrogen-bond acceptors (Lipinski definition) is 3. The lowest BCUT2D eigenvalue weighted by molar-refractivity contribution is 0.0965. The molecule has 0 aromatic carbocycles. The molecule has 2 aromatic heterocycles. The molecule has 0 radical (unpaired) electrons. The Morgan fingerprint density at radius 3 is 2.95 bits per heavy atom. The van der Waals surface area contributed by atoms with E-state index in [1.54, 1.807) is 20.2 Å². The molecule has 2 aromatic rings. The summed E-state index contributed by atoms with van der Waals surface area (Å²) < 4.78 is 13.2. The average molecular weight is 327 g/mol. The van der Waals surface area contributed by atoms with Crippen LogP contribution in [0.3, 0.4) is 0 Å². The van der Waals surface area contributed by atoms with Crippen LogP contribution in [-0.4, -0.2) is 37.7 Å². The van der Waals surface area contributed by atoms with E-state index in [0.29, 0.717) is 18.8 Å². The van der Waals surface area contributed by atoms with Crippen molar-refractivity contribution in [3.8, 4) is 5.75 Å². The molecule has 102 valence electrons. The largest absolute Gasteiger partial charge is 0.490 e. The summed E-state index contributed by atoms with van der Waals surface area (Å²) >= 11 is 3.47. The summed E-state index contributed by atoms with van der Waals surface area (Å²) in [6.45, 7) is 1.02. The number of methoxy groups -OCH3 is 1. The Labute approximate surface area is 119 Å². The van der Waals surface area contributed by atoms with E-state index in [9.17, 15) is 4.79 Å². The number of ether oxygens (including phenoxy) is 2. The molecular weight excluding hydrogens is 312 g/mol. The van der Waals surface area contributed by atoms with Crippen LogP contribution in [-0.2, 0) is 4.74 Å². The number of carbonyl (C=O) groups is 1. The number of aromatic nitrogens is 1. The van der Waals surface area contributed by atoms with Crippen LogP contribution in [0.5, 0.6) is 5.75 Å². The molecule has 0 aliphatic carbocycles. The normalized spacial score (nSPS) is 10.7. The summed E-state index contributed by atoms with van der Waals surface area (Å²) in [5.41, 5.74) is 1.44. The van der Waals surface area contributed by atoms with E-state index >= 15 is 0 Å². The first kappa shape index (κ1) is 13.9. The summed E-state index contributed by atoms with van der Waals surface area (Å²) in [5.74, 6) is 0.603. The van der Waals surface area contributed by atoms with Crippen molar-refractivity contribution in [3.63, 3.8) is 0 Å². The van der Waals surface area contributed by atoms with Crippen LogP contribution >= 0.6 is 15.9 Å². The minimum Gasteiger partial charge on any atom is -0.490 e. The average Bonchev–Trinajstić information content (AvgIpc) is 2.82. The maximum absolute atomic E-state index is 11.7. The summed E-state index contributed by atoms with van der Waals surface area (Å²) in [4.78, 5) is 11.7. The van der Waals surface area contributed by atoms with Gasteiger partial charge in [-0.05, 0) is 28.1 Å². The smallest absolute Gasteiger partial charge is 0.253 e. The monoisotopic (exact) mass is 326 g/mol. The maximum atomic E-state index is 11.7. The van der Waals surface area contributed by atoms with E-state index in [4.69, 9.17) is 9.47 Å². The summed E-state index contributed by atoms with van der Waals surface area (Å²) in [6.07, 6.45) is 3.66. The Kier molecular flexibility index (Phi) is 4.44. The molecule has 19 heavy (non-hydrogen) atoms. The first-order valence-electron chi connectivity index (χ1n) is 5.81. The number of hydrogen-bond donors (Lipinski definition) is 1. The van der Waals surface area contributed by atoms with Crippen LogP contribution in [0.15, 0.2) is 29.0 Å². The highest BCUT2D eigenvalue weighted by molar-refractivity contribution is 9.10. The lowest BCUT2D eigenvalue weighted by Gasteiger charge is -2.08. The number of carbonyl (C=O) groups excluding carboxylic acids is 1. The molecule has 0 aliphatic heterocycles. The third kappa shape index (κ3) is 2.90. The van der Waals surface area contributed by atoms with Gasteiger partial charge >= 0.3 is 0 Å². The summed E-state index contributed by atoms with van der Waals surface area (Å²) in [5, 5.41) is 2.62. The van der Waals surface area contributed by atoms with E-state index in [2.05, 4.69) is 21.2 Å². The molecule has 0 saturated carbocycles. The summed E-state index contributed by atoms with van der Waals surface area (Å²) in [6, 6.07) is 3.62. The third-order valence-electron chi connectivity index (χ3n) is 2.70. The summed E-state index contributed by atoms with van der Waals surface area (Å²) in [7, 11) is 3.24. The van der Waals surface area contributed by atoms with Gasteiger partial charge in [-0.3, -0.25) is 4.79 Å². The van der Waals surface area contributed by atoms with Crippen molar-refractivity contribution in [2.75, 3.05) is 27.4 Å². The highest BCUT2D eigenvalue weighted by atomic mass is 79.9. The van der Waals surface area contributed by atoms with Crippen molar-refractivity contribution in [2.24, 2.45) is 0 Å². The van der Waals surface area contributed by atoms with E-state index in [0.717, 1.165) is 15.7 Å². The molecule has 2 heterocycles. The Hall–Kier alpha value is -1.53. The van der Waals surface area contributed by atoms with Gasteiger partial charge in [0.25, 0.3) is 5.91 Å². The number of pyridine rings is 1. The number of fused-ring (bicyclic) bond motifs is 1. The molecule has 1 N–H and O–H groups in total.